The summed E-state index contributed by atoms with van der Waals surface area (Å²) in [5, 5.41) is 1.83. The smallest absolute Gasteiger partial charge is 0.221 e. The number of rotatable bonds is 7. The van der Waals surface area contributed by atoms with Gasteiger partial charge in [0.05, 0.1) is 17.4 Å². The van der Waals surface area contributed by atoms with Crippen LogP contribution in [-0.2, 0) is 12.8 Å². The van der Waals surface area contributed by atoms with Crippen LogP contribution >= 0.6 is 11.6 Å². The van der Waals surface area contributed by atoms with Crippen LogP contribution in [0.25, 0.3) is 11.0 Å². The minimum absolute atomic E-state index is 0.545. The Bertz CT molecular complexity index is 940. The lowest BCUT2D eigenvalue weighted by atomic mass is 10.0. The van der Waals surface area contributed by atoms with Crippen molar-refractivity contribution in [3.8, 4) is 11.6 Å². The first-order chi connectivity index (χ1) is 13.1. The molecule has 3 aromatic heterocycles. The minimum atomic E-state index is 0.545. The maximum Gasteiger partial charge on any atom is 0.221 e. The third-order valence-corrected chi connectivity index (χ3v) is 6.34. The molecule has 0 spiro atoms. The highest BCUT2D eigenvalue weighted by Gasteiger charge is 2.44. The molecule has 3 heterocycles. The summed E-state index contributed by atoms with van der Waals surface area (Å²) in [5.74, 6) is 3.63. The molecule has 0 amide bonds. The topological polar surface area (TPSA) is 63.7 Å². The van der Waals surface area contributed by atoms with Gasteiger partial charge in [0, 0.05) is 17.1 Å². The first kappa shape index (κ1) is 18.2. The molecule has 6 heteroatoms. The van der Waals surface area contributed by atoms with Gasteiger partial charge in [-0.25, -0.2) is 9.97 Å². The minimum Gasteiger partial charge on any atom is -0.436 e. The Kier molecular flexibility index (Phi) is 5.04. The van der Waals surface area contributed by atoms with Crippen molar-refractivity contribution in [2.75, 3.05) is 0 Å². The monoisotopic (exact) mass is 384 g/mol. The van der Waals surface area contributed by atoms with Crippen molar-refractivity contribution >= 4 is 22.6 Å². The number of fused-ring (bicyclic) bond motifs is 1. The highest BCUT2D eigenvalue weighted by Crippen LogP contribution is 2.51. The Hall–Kier alpha value is -2.14. The van der Waals surface area contributed by atoms with Gasteiger partial charge in [-0.15, -0.1) is 0 Å². The first-order valence-electron chi connectivity index (χ1n) is 9.75. The maximum absolute atomic E-state index is 6.66. The van der Waals surface area contributed by atoms with Crippen molar-refractivity contribution in [2.45, 2.75) is 46.5 Å². The molecule has 1 aliphatic carbocycles. The zero-order valence-corrected chi connectivity index (χ0v) is 16.8. The molecular formula is C21H25ClN4O. The van der Waals surface area contributed by atoms with Crippen LogP contribution in [0.3, 0.4) is 0 Å². The average Bonchev–Trinajstić information content (AvgIpc) is 3.19. The molecule has 1 saturated carbocycles. The molecule has 0 saturated heterocycles. The SMILES string of the molecule is CCc1[nH]c2nc(Oc3cncnc3)cc(CCC3C(C)C3CC)c2c1Cl. The zero-order chi connectivity index (χ0) is 19.0. The van der Waals surface area contributed by atoms with Crippen LogP contribution in [0, 0.1) is 17.8 Å². The van der Waals surface area contributed by atoms with E-state index in [1.165, 1.54) is 24.7 Å². The predicted octanol–water partition coefficient (Wildman–Crippen LogP) is 5.59. The summed E-state index contributed by atoms with van der Waals surface area (Å²) in [5.41, 5.74) is 3.01. The van der Waals surface area contributed by atoms with Crippen LogP contribution in [-0.4, -0.2) is 19.9 Å². The van der Waals surface area contributed by atoms with Crippen LogP contribution in [0.5, 0.6) is 11.6 Å². The quantitative estimate of drug-likeness (QED) is 0.577. The molecule has 5 nitrogen and oxygen atoms in total. The largest absolute Gasteiger partial charge is 0.436 e. The number of ether oxygens (including phenoxy) is 1. The van der Waals surface area contributed by atoms with Crippen LogP contribution < -0.4 is 4.74 Å². The lowest BCUT2D eigenvalue weighted by molar-refractivity contribution is 0.459. The maximum atomic E-state index is 6.66. The van der Waals surface area contributed by atoms with E-state index in [-0.39, 0.29) is 0 Å². The van der Waals surface area contributed by atoms with Crippen molar-refractivity contribution in [3.05, 3.63) is 41.1 Å². The molecule has 3 unspecified atom stereocenters. The van der Waals surface area contributed by atoms with E-state index in [0.717, 1.165) is 52.3 Å². The average molecular weight is 385 g/mol. The van der Waals surface area contributed by atoms with Crippen LogP contribution in [0.1, 0.15) is 44.9 Å². The Morgan fingerprint density at radius 3 is 2.63 bits per heavy atom. The third-order valence-electron chi connectivity index (χ3n) is 5.92. The molecule has 0 aromatic carbocycles. The standard InChI is InChI=1S/C21H25ClN4O/c1-4-15-12(3)16(15)7-6-13-8-18(27-14-9-23-11-24-10-14)26-21-19(13)20(22)17(5-2)25-21/h8-12,15-16H,4-7H2,1-3H3,(H,25,26). The van der Waals surface area contributed by atoms with Gasteiger partial charge in [0.15, 0.2) is 5.75 Å². The van der Waals surface area contributed by atoms with Gasteiger partial charge in [0.2, 0.25) is 5.88 Å². The summed E-state index contributed by atoms with van der Waals surface area (Å²) in [4.78, 5) is 16.0. The second-order valence-corrected chi connectivity index (χ2v) is 7.80. The summed E-state index contributed by atoms with van der Waals surface area (Å²) < 4.78 is 5.90. The number of aromatic amines is 1. The molecule has 1 N–H and O–H groups in total. The summed E-state index contributed by atoms with van der Waals surface area (Å²) in [7, 11) is 0. The number of nitrogens with one attached hydrogen (secondary N) is 1. The zero-order valence-electron chi connectivity index (χ0n) is 16.0. The fraction of sp³-hybridized carbons (Fsp3) is 0.476. The molecule has 27 heavy (non-hydrogen) atoms. The van der Waals surface area contributed by atoms with Gasteiger partial charge in [0.25, 0.3) is 0 Å². The van der Waals surface area contributed by atoms with E-state index in [1.54, 1.807) is 12.4 Å². The predicted molar refractivity (Wildman–Crippen MR) is 107 cm³/mol. The Morgan fingerprint density at radius 2 is 1.96 bits per heavy atom. The van der Waals surface area contributed by atoms with Crippen molar-refractivity contribution in [2.24, 2.45) is 17.8 Å². The molecule has 142 valence electrons. The third kappa shape index (κ3) is 3.53. The van der Waals surface area contributed by atoms with Crippen molar-refractivity contribution in [3.63, 3.8) is 0 Å². The van der Waals surface area contributed by atoms with Crippen molar-refractivity contribution in [1.82, 2.24) is 19.9 Å². The second kappa shape index (κ2) is 7.47. The lowest BCUT2D eigenvalue weighted by Crippen LogP contribution is -1.96. The number of aryl methyl sites for hydroxylation is 2. The van der Waals surface area contributed by atoms with Gasteiger partial charge in [-0.3, -0.25) is 0 Å². The highest BCUT2D eigenvalue weighted by atomic mass is 35.5. The van der Waals surface area contributed by atoms with E-state index < -0.39 is 0 Å². The first-order valence-corrected chi connectivity index (χ1v) is 10.1. The number of aromatic nitrogens is 4. The molecule has 0 aliphatic heterocycles. The van der Waals surface area contributed by atoms with E-state index in [4.69, 9.17) is 16.3 Å². The molecule has 0 bridgehead atoms. The van der Waals surface area contributed by atoms with Crippen LogP contribution in [0.2, 0.25) is 5.02 Å². The van der Waals surface area contributed by atoms with Crippen LogP contribution in [0.4, 0.5) is 0 Å². The number of halogens is 1. The van der Waals surface area contributed by atoms with Gasteiger partial charge in [0.1, 0.15) is 12.0 Å². The number of H-pyrrole nitrogens is 1. The van der Waals surface area contributed by atoms with Crippen molar-refractivity contribution < 1.29 is 4.74 Å². The van der Waals surface area contributed by atoms with Gasteiger partial charge in [-0.05, 0) is 42.6 Å². The second-order valence-electron chi connectivity index (χ2n) is 7.42. The Labute approximate surface area is 164 Å². The van der Waals surface area contributed by atoms with E-state index >= 15 is 0 Å². The molecule has 3 atom stereocenters. The number of nitrogens with zero attached hydrogens (tertiary/aromatic N) is 3. The van der Waals surface area contributed by atoms with Gasteiger partial charge < -0.3 is 9.72 Å². The molecule has 1 aliphatic rings. The Morgan fingerprint density at radius 1 is 1.19 bits per heavy atom. The summed E-state index contributed by atoms with van der Waals surface area (Å²) in [6, 6.07) is 2.02. The van der Waals surface area contributed by atoms with Crippen molar-refractivity contribution in [1.29, 1.82) is 0 Å². The van der Waals surface area contributed by atoms with E-state index in [0.29, 0.717) is 11.6 Å². The summed E-state index contributed by atoms with van der Waals surface area (Å²) in [6.07, 6.45) is 9.02. The highest BCUT2D eigenvalue weighted by molar-refractivity contribution is 6.36. The van der Waals surface area contributed by atoms with Gasteiger partial charge in [-0.2, -0.15) is 4.98 Å². The summed E-state index contributed by atoms with van der Waals surface area (Å²) >= 11 is 6.66. The number of hydrogen-bond donors (Lipinski definition) is 1. The molecule has 3 aromatic rings. The fourth-order valence-corrected chi connectivity index (χ4v) is 4.71. The van der Waals surface area contributed by atoms with E-state index in [9.17, 15) is 0 Å². The molecule has 4 rings (SSSR count). The molecular weight excluding hydrogens is 360 g/mol. The lowest BCUT2D eigenvalue weighted by Gasteiger charge is -2.09. The normalized spacial score (nSPS) is 21.6. The van der Waals surface area contributed by atoms with Gasteiger partial charge >= 0.3 is 0 Å². The molecule has 1 fully saturated rings. The molecule has 0 radical (unpaired) electrons. The fourth-order valence-electron chi connectivity index (χ4n) is 4.32. The Balaban J connectivity index is 1.67. The van der Waals surface area contributed by atoms with E-state index in [1.807, 2.05) is 6.07 Å². The van der Waals surface area contributed by atoms with Gasteiger partial charge in [-0.1, -0.05) is 38.8 Å². The van der Waals surface area contributed by atoms with Crippen LogP contribution in [0.15, 0.2) is 24.8 Å². The number of hydrogen-bond acceptors (Lipinski definition) is 4. The number of pyridine rings is 1. The van der Waals surface area contributed by atoms with E-state index in [2.05, 4.69) is 40.7 Å². The summed E-state index contributed by atoms with van der Waals surface area (Å²) in [6.45, 7) is 6.74.